The molecule has 5 nitrogen and oxygen atoms in total. The third kappa shape index (κ3) is 6.29. The van der Waals surface area contributed by atoms with Gasteiger partial charge in [0.25, 0.3) is 0 Å². The molecule has 21 heavy (non-hydrogen) atoms. The monoisotopic (exact) mass is 291 g/mol. The van der Waals surface area contributed by atoms with Crippen LogP contribution in [0.2, 0.25) is 0 Å². The van der Waals surface area contributed by atoms with Gasteiger partial charge in [-0.25, -0.2) is 0 Å². The molecule has 0 aliphatic heterocycles. The van der Waals surface area contributed by atoms with Gasteiger partial charge in [0.05, 0.1) is 0 Å². The predicted molar refractivity (Wildman–Crippen MR) is 86.6 cm³/mol. The summed E-state index contributed by atoms with van der Waals surface area (Å²) in [4.78, 5) is 25.3. The van der Waals surface area contributed by atoms with Crippen LogP contribution in [0.25, 0.3) is 0 Å². The maximum atomic E-state index is 11.7. The van der Waals surface area contributed by atoms with E-state index in [1.165, 1.54) is 0 Å². The van der Waals surface area contributed by atoms with Crippen molar-refractivity contribution in [3.8, 4) is 0 Å². The molecule has 5 heteroatoms. The SMILES string of the molecule is CCCCCCNC(=O)C(=O)Nc1ccc(N(C)C)cc1. The van der Waals surface area contributed by atoms with Gasteiger partial charge >= 0.3 is 11.8 Å². The van der Waals surface area contributed by atoms with E-state index >= 15 is 0 Å². The smallest absolute Gasteiger partial charge is 0.313 e. The Balaban J connectivity index is 2.36. The minimum atomic E-state index is -0.622. The first-order valence-corrected chi connectivity index (χ1v) is 7.41. The van der Waals surface area contributed by atoms with Gasteiger partial charge in [0.1, 0.15) is 0 Å². The van der Waals surface area contributed by atoms with Crippen LogP contribution >= 0.6 is 0 Å². The molecule has 116 valence electrons. The second-order valence-electron chi connectivity index (χ2n) is 5.21. The molecule has 0 spiro atoms. The summed E-state index contributed by atoms with van der Waals surface area (Å²) >= 11 is 0. The number of nitrogens with zero attached hydrogens (tertiary/aromatic N) is 1. The second-order valence-corrected chi connectivity index (χ2v) is 5.21. The van der Waals surface area contributed by atoms with Gasteiger partial charge in [-0.1, -0.05) is 26.2 Å². The molecule has 0 unspecified atom stereocenters. The van der Waals surface area contributed by atoms with Crippen molar-refractivity contribution in [3.05, 3.63) is 24.3 Å². The van der Waals surface area contributed by atoms with Crippen LogP contribution in [-0.4, -0.2) is 32.5 Å². The van der Waals surface area contributed by atoms with Crippen molar-refractivity contribution < 1.29 is 9.59 Å². The minimum Gasteiger partial charge on any atom is -0.378 e. The molecule has 0 fully saturated rings. The zero-order valence-electron chi connectivity index (χ0n) is 13.1. The normalized spacial score (nSPS) is 10.0. The lowest BCUT2D eigenvalue weighted by Gasteiger charge is -2.13. The molecule has 0 saturated heterocycles. The molecule has 0 radical (unpaired) electrons. The van der Waals surface area contributed by atoms with E-state index in [-0.39, 0.29) is 0 Å². The molecule has 0 heterocycles. The fraction of sp³-hybridized carbons (Fsp3) is 0.500. The fourth-order valence-electron chi connectivity index (χ4n) is 1.86. The fourth-order valence-corrected chi connectivity index (χ4v) is 1.86. The summed E-state index contributed by atoms with van der Waals surface area (Å²) in [7, 11) is 3.89. The van der Waals surface area contributed by atoms with Gasteiger partial charge < -0.3 is 15.5 Å². The van der Waals surface area contributed by atoms with Crippen molar-refractivity contribution in [2.24, 2.45) is 0 Å². The highest BCUT2D eigenvalue weighted by molar-refractivity contribution is 6.39. The minimum absolute atomic E-state index is 0.547. The van der Waals surface area contributed by atoms with Crippen LogP contribution in [-0.2, 0) is 9.59 Å². The van der Waals surface area contributed by atoms with Crippen molar-refractivity contribution in [3.63, 3.8) is 0 Å². The standard InChI is InChI=1S/C16H25N3O2/c1-4-5-6-7-12-17-15(20)16(21)18-13-8-10-14(11-9-13)19(2)3/h8-11H,4-7,12H2,1-3H3,(H,17,20)(H,18,21). The summed E-state index contributed by atoms with van der Waals surface area (Å²) in [5.74, 6) is -1.20. The molecule has 0 aromatic heterocycles. The lowest BCUT2D eigenvalue weighted by molar-refractivity contribution is -0.136. The molecular weight excluding hydrogens is 266 g/mol. The zero-order valence-corrected chi connectivity index (χ0v) is 13.1. The van der Waals surface area contributed by atoms with Crippen LogP contribution in [0.1, 0.15) is 32.6 Å². The summed E-state index contributed by atoms with van der Waals surface area (Å²) in [6, 6.07) is 7.33. The number of carbonyl (C=O) groups is 2. The molecule has 0 saturated carbocycles. The predicted octanol–water partition coefficient (Wildman–Crippen LogP) is 2.39. The number of benzene rings is 1. The van der Waals surface area contributed by atoms with E-state index in [0.29, 0.717) is 12.2 Å². The van der Waals surface area contributed by atoms with Gasteiger partial charge in [-0.3, -0.25) is 9.59 Å². The van der Waals surface area contributed by atoms with E-state index in [2.05, 4.69) is 17.6 Å². The highest BCUT2D eigenvalue weighted by atomic mass is 16.2. The Morgan fingerprint density at radius 2 is 1.67 bits per heavy atom. The summed E-state index contributed by atoms with van der Waals surface area (Å²) < 4.78 is 0. The molecule has 2 amide bonds. The van der Waals surface area contributed by atoms with Crippen molar-refractivity contribution in [2.75, 3.05) is 30.9 Å². The van der Waals surface area contributed by atoms with Gasteiger partial charge in [0.2, 0.25) is 0 Å². The van der Waals surface area contributed by atoms with Crippen molar-refractivity contribution >= 4 is 23.2 Å². The number of hydrogen-bond acceptors (Lipinski definition) is 3. The molecule has 0 aliphatic carbocycles. The Hall–Kier alpha value is -2.04. The van der Waals surface area contributed by atoms with Gasteiger partial charge in [-0.2, -0.15) is 0 Å². The molecule has 0 bridgehead atoms. The van der Waals surface area contributed by atoms with Crippen LogP contribution in [0.3, 0.4) is 0 Å². The van der Waals surface area contributed by atoms with Crippen LogP contribution in [0.5, 0.6) is 0 Å². The zero-order chi connectivity index (χ0) is 15.7. The number of carbonyl (C=O) groups excluding carboxylic acids is 2. The number of nitrogens with one attached hydrogen (secondary N) is 2. The van der Waals surface area contributed by atoms with Gasteiger partial charge in [-0.15, -0.1) is 0 Å². The topological polar surface area (TPSA) is 61.4 Å². The average Bonchev–Trinajstić information content (AvgIpc) is 2.47. The van der Waals surface area contributed by atoms with Crippen molar-refractivity contribution in [1.29, 1.82) is 0 Å². The van der Waals surface area contributed by atoms with Gasteiger partial charge in [0, 0.05) is 32.0 Å². The summed E-state index contributed by atoms with van der Waals surface area (Å²) in [6.07, 6.45) is 4.28. The Kier molecular flexibility index (Phi) is 7.29. The number of rotatable bonds is 7. The van der Waals surface area contributed by atoms with E-state index in [1.807, 2.05) is 31.1 Å². The molecule has 1 aromatic carbocycles. The number of unbranched alkanes of at least 4 members (excludes halogenated alkanes) is 3. The van der Waals surface area contributed by atoms with E-state index < -0.39 is 11.8 Å². The molecule has 0 aliphatic rings. The quantitative estimate of drug-likeness (QED) is 0.599. The van der Waals surface area contributed by atoms with E-state index in [9.17, 15) is 9.59 Å². The number of anilines is 2. The Labute approximate surface area is 126 Å². The van der Waals surface area contributed by atoms with Crippen LogP contribution in [0.15, 0.2) is 24.3 Å². The highest BCUT2D eigenvalue weighted by Crippen LogP contribution is 2.15. The first-order chi connectivity index (χ1) is 10.0. The summed E-state index contributed by atoms with van der Waals surface area (Å²) in [5, 5.41) is 5.22. The molecule has 0 atom stereocenters. The number of amides is 2. The van der Waals surface area contributed by atoms with Crippen LogP contribution in [0, 0.1) is 0 Å². The van der Waals surface area contributed by atoms with Crippen molar-refractivity contribution in [2.45, 2.75) is 32.6 Å². The summed E-state index contributed by atoms with van der Waals surface area (Å²) in [6.45, 7) is 2.68. The maximum Gasteiger partial charge on any atom is 0.313 e. The molecule has 1 rings (SSSR count). The van der Waals surface area contributed by atoms with Crippen LogP contribution < -0.4 is 15.5 Å². The molecular formula is C16H25N3O2. The summed E-state index contributed by atoms with van der Waals surface area (Å²) in [5.41, 5.74) is 1.65. The third-order valence-corrected chi connectivity index (χ3v) is 3.16. The molecule has 2 N–H and O–H groups in total. The first-order valence-electron chi connectivity index (χ1n) is 7.41. The maximum absolute atomic E-state index is 11.7. The Morgan fingerprint density at radius 1 is 1.00 bits per heavy atom. The van der Waals surface area contributed by atoms with E-state index in [0.717, 1.165) is 31.4 Å². The first kappa shape index (κ1) is 17.0. The lowest BCUT2D eigenvalue weighted by atomic mass is 10.2. The average molecular weight is 291 g/mol. The van der Waals surface area contributed by atoms with E-state index in [1.54, 1.807) is 12.1 Å². The second kappa shape index (κ2) is 9.00. The van der Waals surface area contributed by atoms with Crippen molar-refractivity contribution in [1.82, 2.24) is 5.32 Å². The molecule has 1 aromatic rings. The largest absolute Gasteiger partial charge is 0.378 e. The van der Waals surface area contributed by atoms with Gasteiger partial charge in [-0.05, 0) is 30.7 Å². The highest BCUT2D eigenvalue weighted by Gasteiger charge is 2.12. The Morgan fingerprint density at radius 3 is 2.24 bits per heavy atom. The van der Waals surface area contributed by atoms with E-state index in [4.69, 9.17) is 0 Å². The van der Waals surface area contributed by atoms with Gasteiger partial charge in [0.15, 0.2) is 0 Å². The Bertz CT molecular complexity index is 455. The number of hydrogen-bond donors (Lipinski definition) is 2. The lowest BCUT2D eigenvalue weighted by Crippen LogP contribution is -2.35. The third-order valence-electron chi connectivity index (χ3n) is 3.16. The van der Waals surface area contributed by atoms with Crippen LogP contribution in [0.4, 0.5) is 11.4 Å².